The Balaban J connectivity index is 2.10. The summed E-state index contributed by atoms with van der Waals surface area (Å²) in [4.78, 5) is 25.1. The fourth-order valence-corrected chi connectivity index (χ4v) is 4.06. The average Bonchev–Trinajstić information content (AvgIpc) is 2.93. The lowest BCUT2D eigenvalue weighted by atomic mass is 10.1. The number of rotatable bonds is 3. The second-order valence-corrected chi connectivity index (χ2v) is 6.89. The summed E-state index contributed by atoms with van der Waals surface area (Å²) in [5.74, 6) is -0.995. The molecule has 120 valence electrons. The standard InChI is InChI=1S/C14H14N4O4S/c1-7-12(8(2)16-15-7)23(21,22)17-10-6-4-5-9-11(10)14(20)18(3)13(9)19/h4-6,17H,1-3H3,(H,15,16). The molecule has 0 fully saturated rings. The number of hydrogen-bond donors (Lipinski definition) is 2. The molecule has 0 atom stereocenters. The minimum absolute atomic E-state index is 0.0280. The van der Waals surface area contributed by atoms with Crippen molar-refractivity contribution in [2.45, 2.75) is 18.7 Å². The smallest absolute Gasteiger partial charge is 0.265 e. The number of H-pyrrole nitrogens is 1. The van der Waals surface area contributed by atoms with Crippen molar-refractivity contribution in [2.24, 2.45) is 0 Å². The molecular weight excluding hydrogens is 320 g/mol. The second kappa shape index (κ2) is 4.92. The molecule has 0 bridgehead atoms. The van der Waals surface area contributed by atoms with E-state index in [9.17, 15) is 18.0 Å². The Hall–Kier alpha value is -2.68. The van der Waals surface area contributed by atoms with Crippen LogP contribution in [0.15, 0.2) is 23.1 Å². The molecule has 1 aliphatic heterocycles. The number of carbonyl (C=O) groups excluding carboxylic acids is 2. The monoisotopic (exact) mass is 334 g/mol. The number of amides is 2. The fourth-order valence-electron chi connectivity index (χ4n) is 2.62. The van der Waals surface area contributed by atoms with Crippen LogP contribution in [-0.2, 0) is 10.0 Å². The van der Waals surface area contributed by atoms with Gasteiger partial charge in [0.05, 0.1) is 28.2 Å². The maximum Gasteiger partial charge on any atom is 0.265 e. The third-order valence-corrected chi connectivity index (χ3v) is 5.32. The van der Waals surface area contributed by atoms with Crippen LogP contribution in [0.2, 0.25) is 0 Å². The van der Waals surface area contributed by atoms with Gasteiger partial charge >= 0.3 is 0 Å². The molecule has 8 nitrogen and oxygen atoms in total. The van der Waals surface area contributed by atoms with Crippen LogP contribution in [0.5, 0.6) is 0 Å². The SMILES string of the molecule is Cc1n[nH]c(C)c1S(=O)(=O)Nc1cccc2c1C(=O)N(C)C2=O. The minimum Gasteiger partial charge on any atom is -0.281 e. The summed E-state index contributed by atoms with van der Waals surface area (Å²) in [6.07, 6.45) is 0. The highest BCUT2D eigenvalue weighted by molar-refractivity contribution is 7.92. The van der Waals surface area contributed by atoms with E-state index in [1.807, 2.05) is 0 Å². The Morgan fingerprint density at radius 1 is 1.17 bits per heavy atom. The molecule has 1 aromatic heterocycles. The van der Waals surface area contributed by atoms with E-state index in [4.69, 9.17) is 0 Å². The predicted molar refractivity (Wildman–Crippen MR) is 81.7 cm³/mol. The van der Waals surface area contributed by atoms with E-state index in [1.165, 1.54) is 25.2 Å². The highest BCUT2D eigenvalue weighted by atomic mass is 32.2. The first-order chi connectivity index (χ1) is 10.7. The Labute approximate surface area is 132 Å². The number of nitrogens with one attached hydrogen (secondary N) is 2. The van der Waals surface area contributed by atoms with Crippen LogP contribution >= 0.6 is 0 Å². The van der Waals surface area contributed by atoms with Gasteiger partial charge in [-0.3, -0.25) is 24.3 Å². The van der Waals surface area contributed by atoms with E-state index in [0.717, 1.165) is 4.90 Å². The van der Waals surface area contributed by atoms with Crippen LogP contribution in [0, 0.1) is 13.8 Å². The third-order valence-electron chi connectivity index (χ3n) is 3.69. The van der Waals surface area contributed by atoms with Crippen LogP contribution in [0.1, 0.15) is 32.1 Å². The Morgan fingerprint density at radius 2 is 1.87 bits per heavy atom. The van der Waals surface area contributed by atoms with Gasteiger partial charge in [0.1, 0.15) is 4.90 Å². The first-order valence-electron chi connectivity index (χ1n) is 6.74. The zero-order valence-electron chi connectivity index (χ0n) is 12.7. The number of aryl methyl sites for hydroxylation is 2. The Kier molecular flexibility index (Phi) is 3.25. The van der Waals surface area contributed by atoms with Gasteiger partial charge in [0.15, 0.2) is 0 Å². The summed E-state index contributed by atoms with van der Waals surface area (Å²) in [5, 5.41) is 6.47. The average molecular weight is 334 g/mol. The fraction of sp³-hybridized carbons (Fsp3) is 0.214. The van der Waals surface area contributed by atoms with Crippen molar-refractivity contribution in [3.63, 3.8) is 0 Å². The largest absolute Gasteiger partial charge is 0.281 e. The maximum absolute atomic E-state index is 12.6. The molecule has 1 aromatic carbocycles. The van der Waals surface area contributed by atoms with Crippen molar-refractivity contribution in [3.05, 3.63) is 40.7 Å². The highest BCUT2D eigenvalue weighted by Gasteiger charge is 2.36. The van der Waals surface area contributed by atoms with Gasteiger partial charge in [0, 0.05) is 7.05 Å². The van der Waals surface area contributed by atoms with Crippen LogP contribution in [0.4, 0.5) is 5.69 Å². The van der Waals surface area contributed by atoms with Crippen molar-refractivity contribution < 1.29 is 18.0 Å². The van der Waals surface area contributed by atoms with E-state index in [2.05, 4.69) is 14.9 Å². The number of nitrogens with zero attached hydrogens (tertiary/aromatic N) is 2. The van der Waals surface area contributed by atoms with Gasteiger partial charge in [-0.2, -0.15) is 5.10 Å². The molecule has 0 saturated carbocycles. The molecule has 1 aliphatic rings. The topological polar surface area (TPSA) is 112 Å². The van der Waals surface area contributed by atoms with Gasteiger partial charge in [0.25, 0.3) is 21.8 Å². The maximum atomic E-state index is 12.6. The molecule has 0 aliphatic carbocycles. The van der Waals surface area contributed by atoms with E-state index < -0.39 is 21.8 Å². The highest BCUT2D eigenvalue weighted by Crippen LogP contribution is 2.30. The minimum atomic E-state index is -3.94. The number of anilines is 1. The molecule has 0 saturated heterocycles. The number of benzene rings is 1. The molecule has 0 radical (unpaired) electrons. The molecule has 2 amide bonds. The van der Waals surface area contributed by atoms with E-state index in [0.29, 0.717) is 11.4 Å². The third kappa shape index (κ3) is 2.20. The number of carbonyl (C=O) groups is 2. The Bertz CT molecular complexity index is 926. The van der Waals surface area contributed by atoms with Gasteiger partial charge in [0.2, 0.25) is 0 Å². The van der Waals surface area contributed by atoms with Gasteiger partial charge in [-0.05, 0) is 26.0 Å². The molecule has 23 heavy (non-hydrogen) atoms. The zero-order chi connectivity index (χ0) is 16.9. The van der Waals surface area contributed by atoms with Crippen molar-refractivity contribution in [1.82, 2.24) is 15.1 Å². The summed E-state index contributed by atoms with van der Waals surface area (Å²) < 4.78 is 27.6. The van der Waals surface area contributed by atoms with E-state index in [-0.39, 0.29) is 21.7 Å². The van der Waals surface area contributed by atoms with Crippen LogP contribution in [0.25, 0.3) is 0 Å². The van der Waals surface area contributed by atoms with Crippen LogP contribution < -0.4 is 4.72 Å². The zero-order valence-corrected chi connectivity index (χ0v) is 13.5. The summed E-state index contributed by atoms with van der Waals surface area (Å²) in [5.41, 5.74) is 1.02. The molecule has 9 heteroatoms. The number of aromatic nitrogens is 2. The van der Waals surface area contributed by atoms with E-state index in [1.54, 1.807) is 13.8 Å². The normalized spacial score (nSPS) is 14.3. The summed E-state index contributed by atoms with van der Waals surface area (Å²) in [6.45, 7) is 3.16. The quantitative estimate of drug-likeness (QED) is 0.815. The number of fused-ring (bicyclic) bond motifs is 1. The lowest BCUT2D eigenvalue weighted by Crippen LogP contribution is -2.24. The predicted octanol–water partition coefficient (Wildman–Crippen LogP) is 1.05. The molecule has 0 unspecified atom stereocenters. The summed E-state index contributed by atoms with van der Waals surface area (Å²) >= 11 is 0. The van der Waals surface area contributed by atoms with Gasteiger partial charge < -0.3 is 0 Å². The molecule has 2 heterocycles. The van der Waals surface area contributed by atoms with Crippen molar-refractivity contribution in [3.8, 4) is 0 Å². The molecule has 0 spiro atoms. The lowest BCUT2D eigenvalue weighted by molar-refractivity contribution is 0.0693. The molecule has 2 N–H and O–H groups in total. The lowest BCUT2D eigenvalue weighted by Gasteiger charge is -2.11. The van der Waals surface area contributed by atoms with Crippen molar-refractivity contribution in [2.75, 3.05) is 11.8 Å². The van der Waals surface area contributed by atoms with Crippen molar-refractivity contribution in [1.29, 1.82) is 0 Å². The van der Waals surface area contributed by atoms with Crippen molar-refractivity contribution >= 4 is 27.5 Å². The van der Waals surface area contributed by atoms with E-state index >= 15 is 0 Å². The second-order valence-electron chi connectivity index (χ2n) is 5.27. The van der Waals surface area contributed by atoms with Gasteiger partial charge in [-0.1, -0.05) is 6.07 Å². The first-order valence-corrected chi connectivity index (χ1v) is 8.22. The van der Waals surface area contributed by atoms with Crippen LogP contribution in [-0.4, -0.2) is 42.4 Å². The number of imide groups is 1. The number of hydrogen-bond acceptors (Lipinski definition) is 5. The Morgan fingerprint density at radius 3 is 2.48 bits per heavy atom. The first kappa shape index (κ1) is 15.2. The molecular formula is C14H14N4O4S. The summed E-state index contributed by atoms with van der Waals surface area (Å²) in [6, 6.07) is 4.47. The number of sulfonamides is 1. The molecule has 2 aromatic rings. The van der Waals surface area contributed by atoms with Crippen LogP contribution in [0.3, 0.4) is 0 Å². The van der Waals surface area contributed by atoms with Gasteiger partial charge in [-0.15, -0.1) is 0 Å². The number of aromatic amines is 1. The summed E-state index contributed by atoms with van der Waals surface area (Å²) in [7, 11) is -2.58. The van der Waals surface area contributed by atoms with Gasteiger partial charge in [-0.25, -0.2) is 8.42 Å². The molecule has 3 rings (SSSR count).